The largest absolute Gasteiger partial charge is 0.477 e. The normalized spacial score (nSPS) is 11.0. The number of aryl methyl sites for hydroxylation is 1. The minimum absolute atomic E-state index is 0.0256. The third-order valence-electron chi connectivity index (χ3n) is 3.27. The highest BCUT2D eigenvalue weighted by Gasteiger charge is 2.17. The Balaban J connectivity index is 2.25. The van der Waals surface area contributed by atoms with Gasteiger partial charge in [-0.1, -0.05) is 6.07 Å². The van der Waals surface area contributed by atoms with Crippen LogP contribution in [0.25, 0.3) is 10.2 Å². The van der Waals surface area contributed by atoms with Gasteiger partial charge in [0.15, 0.2) is 0 Å². The van der Waals surface area contributed by atoms with E-state index in [4.69, 9.17) is 5.11 Å². The van der Waals surface area contributed by atoms with Gasteiger partial charge in [0.2, 0.25) is 0 Å². The van der Waals surface area contributed by atoms with Crippen molar-refractivity contribution in [1.29, 1.82) is 0 Å². The fraction of sp³-hybridized carbons (Fsp3) is 0.143. The van der Waals surface area contributed by atoms with Gasteiger partial charge in [0, 0.05) is 13.2 Å². The molecule has 0 atom stereocenters. The van der Waals surface area contributed by atoms with E-state index in [0.717, 1.165) is 15.9 Å². The van der Waals surface area contributed by atoms with E-state index in [0.29, 0.717) is 10.5 Å². The van der Waals surface area contributed by atoms with E-state index in [1.165, 1.54) is 17.7 Å². The number of hydrogen-bond acceptors (Lipinski definition) is 5. The molecule has 0 spiro atoms. The summed E-state index contributed by atoms with van der Waals surface area (Å²) in [6.45, 7) is 0.0422. The molecule has 3 aromatic heterocycles. The molecule has 0 radical (unpaired) electrons. The number of carboxylic acids is 1. The van der Waals surface area contributed by atoms with Crippen LogP contribution >= 0.6 is 11.3 Å². The van der Waals surface area contributed by atoms with Crippen molar-refractivity contribution in [3.05, 3.63) is 61.9 Å². The van der Waals surface area contributed by atoms with Crippen LogP contribution in [0.1, 0.15) is 15.4 Å². The van der Waals surface area contributed by atoms with Gasteiger partial charge in [0.25, 0.3) is 5.56 Å². The minimum Gasteiger partial charge on any atom is -0.477 e. The highest BCUT2D eigenvalue weighted by Crippen LogP contribution is 2.21. The molecule has 8 heteroatoms. The maximum Gasteiger partial charge on any atom is 0.345 e. The van der Waals surface area contributed by atoms with Crippen LogP contribution < -0.4 is 11.2 Å². The number of pyridine rings is 1. The molecule has 0 bridgehead atoms. The second kappa shape index (κ2) is 5.23. The van der Waals surface area contributed by atoms with E-state index >= 15 is 0 Å². The van der Waals surface area contributed by atoms with Gasteiger partial charge in [0.1, 0.15) is 9.71 Å². The molecular formula is C14H11N3O4S. The molecule has 0 saturated carbocycles. The Bertz CT molecular complexity index is 985. The number of thiophene rings is 1. The van der Waals surface area contributed by atoms with Crippen molar-refractivity contribution in [2.75, 3.05) is 0 Å². The number of carbonyl (C=O) groups is 1. The molecular weight excluding hydrogens is 306 g/mol. The van der Waals surface area contributed by atoms with Gasteiger partial charge >= 0.3 is 11.7 Å². The number of carboxylic acid groups (broad SMARTS) is 1. The topological polar surface area (TPSA) is 94.2 Å². The van der Waals surface area contributed by atoms with E-state index in [-0.39, 0.29) is 16.8 Å². The molecule has 0 saturated heterocycles. The Morgan fingerprint density at radius 3 is 2.77 bits per heavy atom. The van der Waals surface area contributed by atoms with Crippen molar-refractivity contribution < 1.29 is 9.90 Å². The minimum atomic E-state index is -1.12. The van der Waals surface area contributed by atoms with E-state index in [2.05, 4.69) is 4.98 Å². The Hall–Kier alpha value is -2.74. The Morgan fingerprint density at radius 2 is 2.14 bits per heavy atom. The molecule has 7 nitrogen and oxygen atoms in total. The Morgan fingerprint density at radius 1 is 1.36 bits per heavy atom. The average Bonchev–Trinajstić information content (AvgIpc) is 2.96. The maximum atomic E-state index is 12.5. The van der Waals surface area contributed by atoms with Crippen molar-refractivity contribution in [1.82, 2.24) is 14.1 Å². The van der Waals surface area contributed by atoms with Crippen molar-refractivity contribution in [3.8, 4) is 0 Å². The summed E-state index contributed by atoms with van der Waals surface area (Å²) in [4.78, 5) is 40.4. The monoisotopic (exact) mass is 317 g/mol. The molecule has 0 aromatic carbocycles. The van der Waals surface area contributed by atoms with E-state index in [1.54, 1.807) is 24.4 Å². The zero-order valence-corrected chi connectivity index (χ0v) is 12.3. The summed E-state index contributed by atoms with van der Waals surface area (Å²) in [6.07, 6.45) is 1.58. The number of aromatic carboxylic acids is 1. The molecule has 3 aromatic rings. The second-order valence-corrected chi connectivity index (χ2v) is 5.72. The first-order valence-corrected chi connectivity index (χ1v) is 7.17. The lowest BCUT2D eigenvalue weighted by molar-refractivity contribution is 0.0702. The third kappa shape index (κ3) is 2.23. The van der Waals surface area contributed by atoms with Crippen LogP contribution in [-0.2, 0) is 13.6 Å². The molecule has 0 unspecified atom stereocenters. The highest BCUT2D eigenvalue weighted by molar-refractivity contribution is 7.20. The summed E-state index contributed by atoms with van der Waals surface area (Å²) in [5, 5.41) is 9.27. The van der Waals surface area contributed by atoms with Crippen LogP contribution in [0.4, 0.5) is 0 Å². The van der Waals surface area contributed by atoms with Gasteiger partial charge < -0.3 is 5.11 Å². The van der Waals surface area contributed by atoms with Crippen molar-refractivity contribution in [2.24, 2.45) is 7.05 Å². The van der Waals surface area contributed by atoms with Crippen molar-refractivity contribution >= 4 is 27.5 Å². The standard InChI is InChI=1S/C14H11N3O4S/c1-16-12-9(6-10(22-12)13(19)20)11(18)17(14(16)21)7-8-4-2-3-5-15-8/h2-6H,7H2,1H3,(H,19,20). The van der Waals surface area contributed by atoms with E-state index in [1.807, 2.05) is 0 Å². The van der Waals surface area contributed by atoms with Gasteiger partial charge in [-0.15, -0.1) is 11.3 Å². The lowest BCUT2D eigenvalue weighted by Gasteiger charge is -2.07. The Kier molecular flexibility index (Phi) is 3.38. The van der Waals surface area contributed by atoms with Crippen LogP contribution in [0.5, 0.6) is 0 Å². The molecule has 22 heavy (non-hydrogen) atoms. The van der Waals surface area contributed by atoms with E-state index < -0.39 is 17.2 Å². The van der Waals surface area contributed by atoms with Crippen LogP contribution in [-0.4, -0.2) is 25.2 Å². The van der Waals surface area contributed by atoms with Crippen molar-refractivity contribution in [3.63, 3.8) is 0 Å². The summed E-state index contributed by atoms with van der Waals surface area (Å²) in [6, 6.07) is 6.53. The molecule has 0 fully saturated rings. The molecule has 0 aliphatic heterocycles. The smallest absolute Gasteiger partial charge is 0.345 e. The van der Waals surface area contributed by atoms with Gasteiger partial charge in [0.05, 0.1) is 17.6 Å². The summed E-state index contributed by atoms with van der Waals surface area (Å²) in [5.41, 5.74) is -0.427. The fourth-order valence-corrected chi connectivity index (χ4v) is 3.13. The van der Waals surface area contributed by atoms with Crippen LogP contribution in [0.15, 0.2) is 40.1 Å². The summed E-state index contributed by atoms with van der Waals surface area (Å²) in [7, 11) is 1.52. The van der Waals surface area contributed by atoms with Crippen molar-refractivity contribution in [2.45, 2.75) is 6.54 Å². The fourth-order valence-electron chi connectivity index (χ4n) is 2.18. The predicted octanol–water partition coefficient (Wildman–Crippen LogP) is 0.903. The van der Waals surface area contributed by atoms with Gasteiger partial charge in [-0.25, -0.2) is 9.59 Å². The predicted molar refractivity (Wildman–Crippen MR) is 81.6 cm³/mol. The lowest BCUT2D eigenvalue weighted by atomic mass is 10.3. The second-order valence-electron chi connectivity index (χ2n) is 4.69. The molecule has 1 N–H and O–H groups in total. The Labute approximate surface area is 127 Å². The summed E-state index contributed by atoms with van der Waals surface area (Å²) >= 11 is 0.910. The first-order chi connectivity index (χ1) is 10.5. The molecule has 0 aliphatic rings. The lowest BCUT2D eigenvalue weighted by Crippen LogP contribution is -2.39. The summed E-state index contributed by atoms with van der Waals surface area (Å²) in [5.74, 6) is -1.12. The quantitative estimate of drug-likeness (QED) is 0.774. The number of aromatic nitrogens is 3. The maximum absolute atomic E-state index is 12.5. The first kappa shape index (κ1) is 14.2. The zero-order chi connectivity index (χ0) is 15.9. The first-order valence-electron chi connectivity index (χ1n) is 6.35. The van der Waals surface area contributed by atoms with Crippen LogP contribution in [0.2, 0.25) is 0 Å². The molecule has 0 aliphatic carbocycles. The number of rotatable bonds is 3. The number of fused-ring (bicyclic) bond motifs is 1. The molecule has 0 amide bonds. The highest BCUT2D eigenvalue weighted by atomic mass is 32.1. The molecule has 3 rings (SSSR count). The molecule has 3 heterocycles. The van der Waals surface area contributed by atoms with E-state index in [9.17, 15) is 14.4 Å². The summed E-state index contributed by atoms with van der Waals surface area (Å²) < 4.78 is 2.35. The molecule has 112 valence electrons. The zero-order valence-electron chi connectivity index (χ0n) is 11.5. The van der Waals surface area contributed by atoms with Crippen LogP contribution in [0, 0.1) is 0 Å². The number of nitrogens with zero attached hydrogens (tertiary/aromatic N) is 3. The third-order valence-corrected chi connectivity index (χ3v) is 4.47. The number of hydrogen-bond donors (Lipinski definition) is 1. The average molecular weight is 317 g/mol. The van der Waals surface area contributed by atoms with Crippen LogP contribution in [0.3, 0.4) is 0 Å². The van der Waals surface area contributed by atoms with Gasteiger partial charge in [-0.05, 0) is 18.2 Å². The van der Waals surface area contributed by atoms with Gasteiger partial charge in [-0.2, -0.15) is 0 Å². The SMILES string of the molecule is Cn1c(=O)n(Cc2ccccn2)c(=O)c2cc(C(=O)O)sc21. The van der Waals surface area contributed by atoms with Gasteiger partial charge in [-0.3, -0.25) is 18.9 Å².